The van der Waals surface area contributed by atoms with E-state index in [1.807, 2.05) is 6.07 Å². The normalized spacial score (nSPS) is 18.3. The number of hydrogen-bond acceptors (Lipinski definition) is 3. The molecular formula is C9H15N4+. The molecule has 2 heterocycles. The van der Waals surface area contributed by atoms with Crippen molar-refractivity contribution in [2.75, 3.05) is 31.1 Å². The lowest BCUT2D eigenvalue weighted by molar-refractivity contribution is -0.650. The number of rotatable bonds is 1. The number of nitrogens with two attached hydrogens (primary N) is 1. The van der Waals surface area contributed by atoms with Gasteiger partial charge in [0.25, 0.3) is 0 Å². The Balaban J connectivity index is 2.06. The van der Waals surface area contributed by atoms with Crippen molar-refractivity contribution in [2.45, 2.75) is 6.42 Å². The van der Waals surface area contributed by atoms with Crippen molar-refractivity contribution in [2.24, 2.45) is 0 Å². The summed E-state index contributed by atoms with van der Waals surface area (Å²) in [6.45, 7) is 4.52. The molecular weight excluding hydrogens is 164 g/mol. The standard InChI is InChI=1S/C9H14N4/c1-4-11-9(12-5-1)13-7-2-3-10-6-8-13/h1,4-5,10H,2-3,6-8H2/p+1. The Bertz CT molecular complexity index is 241. The first kappa shape index (κ1) is 8.44. The van der Waals surface area contributed by atoms with Crippen LogP contribution in [0.25, 0.3) is 0 Å². The topological polar surface area (TPSA) is 45.6 Å². The van der Waals surface area contributed by atoms with E-state index < -0.39 is 0 Å². The van der Waals surface area contributed by atoms with Crippen LogP contribution in [0.5, 0.6) is 0 Å². The SMILES string of the molecule is c1cnc(N2CCC[NH2+]CC2)nc1. The van der Waals surface area contributed by atoms with Crippen LogP contribution in [0.3, 0.4) is 0 Å². The average Bonchev–Trinajstić information content (AvgIpc) is 2.47. The molecule has 2 rings (SSSR count). The van der Waals surface area contributed by atoms with E-state index in [1.54, 1.807) is 12.4 Å². The van der Waals surface area contributed by atoms with Crippen LogP contribution >= 0.6 is 0 Å². The summed E-state index contributed by atoms with van der Waals surface area (Å²) in [6, 6.07) is 1.85. The zero-order chi connectivity index (χ0) is 8.93. The molecule has 0 saturated carbocycles. The Morgan fingerprint density at radius 2 is 2.00 bits per heavy atom. The minimum atomic E-state index is 0.873. The molecule has 0 radical (unpaired) electrons. The van der Waals surface area contributed by atoms with E-state index >= 15 is 0 Å². The van der Waals surface area contributed by atoms with E-state index in [0.717, 1.165) is 25.6 Å². The maximum absolute atomic E-state index is 4.24. The van der Waals surface area contributed by atoms with Gasteiger partial charge in [0.1, 0.15) is 0 Å². The van der Waals surface area contributed by atoms with Crippen molar-refractivity contribution in [3.05, 3.63) is 18.5 Å². The van der Waals surface area contributed by atoms with Gasteiger partial charge in [0, 0.05) is 25.4 Å². The zero-order valence-corrected chi connectivity index (χ0v) is 7.69. The summed E-state index contributed by atoms with van der Waals surface area (Å²) < 4.78 is 0. The number of aromatic nitrogens is 2. The summed E-state index contributed by atoms with van der Waals surface area (Å²) in [7, 11) is 0. The predicted molar refractivity (Wildman–Crippen MR) is 50.5 cm³/mol. The second kappa shape index (κ2) is 4.18. The third kappa shape index (κ3) is 2.15. The van der Waals surface area contributed by atoms with E-state index in [1.165, 1.54) is 13.0 Å². The molecule has 4 nitrogen and oxygen atoms in total. The highest BCUT2D eigenvalue weighted by atomic mass is 15.3. The molecule has 1 fully saturated rings. The first-order valence-electron chi connectivity index (χ1n) is 4.80. The van der Waals surface area contributed by atoms with Crippen LogP contribution in [0.15, 0.2) is 18.5 Å². The van der Waals surface area contributed by atoms with Crippen molar-refractivity contribution in [1.29, 1.82) is 0 Å². The zero-order valence-electron chi connectivity index (χ0n) is 7.69. The summed E-state index contributed by atoms with van der Waals surface area (Å²) in [4.78, 5) is 10.7. The highest BCUT2D eigenvalue weighted by Crippen LogP contribution is 2.04. The van der Waals surface area contributed by atoms with Crippen LogP contribution in [-0.4, -0.2) is 36.1 Å². The molecule has 1 aliphatic rings. The lowest BCUT2D eigenvalue weighted by atomic mass is 10.4. The van der Waals surface area contributed by atoms with E-state index in [-0.39, 0.29) is 0 Å². The van der Waals surface area contributed by atoms with E-state index in [4.69, 9.17) is 0 Å². The molecule has 4 heteroatoms. The fraction of sp³-hybridized carbons (Fsp3) is 0.556. The first-order chi connectivity index (χ1) is 6.47. The van der Waals surface area contributed by atoms with Gasteiger partial charge in [-0.1, -0.05) is 0 Å². The Kier molecular flexibility index (Phi) is 2.72. The molecule has 0 amide bonds. The first-order valence-corrected chi connectivity index (χ1v) is 4.80. The van der Waals surface area contributed by atoms with Gasteiger partial charge < -0.3 is 10.2 Å². The monoisotopic (exact) mass is 179 g/mol. The third-order valence-corrected chi connectivity index (χ3v) is 2.27. The number of nitrogens with zero attached hydrogens (tertiary/aromatic N) is 3. The van der Waals surface area contributed by atoms with Crippen LogP contribution in [0.4, 0.5) is 5.95 Å². The van der Waals surface area contributed by atoms with Crippen molar-refractivity contribution in [1.82, 2.24) is 9.97 Å². The minimum absolute atomic E-state index is 0.873. The molecule has 0 spiro atoms. The van der Waals surface area contributed by atoms with Crippen LogP contribution in [0.1, 0.15) is 6.42 Å². The molecule has 1 aromatic rings. The fourth-order valence-corrected chi connectivity index (χ4v) is 1.58. The molecule has 70 valence electrons. The van der Waals surface area contributed by atoms with Gasteiger partial charge in [-0.15, -0.1) is 0 Å². The molecule has 0 aromatic carbocycles. The molecule has 0 bridgehead atoms. The fourth-order valence-electron chi connectivity index (χ4n) is 1.58. The van der Waals surface area contributed by atoms with Gasteiger partial charge in [0.15, 0.2) is 0 Å². The number of anilines is 1. The number of quaternary nitrogens is 1. The van der Waals surface area contributed by atoms with Crippen LogP contribution < -0.4 is 10.2 Å². The Hall–Kier alpha value is -1.16. The van der Waals surface area contributed by atoms with Crippen LogP contribution in [0.2, 0.25) is 0 Å². The van der Waals surface area contributed by atoms with Gasteiger partial charge >= 0.3 is 0 Å². The Morgan fingerprint density at radius 1 is 1.15 bits per heavy atom. The number of hydrogen-bond donors (Lipinski definition) is 1. The van der Waals surface area contributed by atoms with Gasteiger partial charge in [-0.2, -0.15) is 0 Å². The largest absolute Gasteiger partial charge is 0.345 e. The van der Waals surface area contributed by atoms with Gasteiger partial charge in [-0.3, -0.25) is 0 Å². The second-order valence-corrected chi connectivity index (χ2v) is 3.26. The molecule has 0 unspecified atom stereocenters. The predicted octanol–water partition coefficient (Wildman–Crippen LogP) is -0.750. The lowest BCUT2D eigenvalue weighted by Gasteiger charge is -2.17. The Labute approximate surface area is 78.0 Å². The maximum atomic E-state index is 4.24. The molecule has 1 saturated heterocycles. The maximum Gasteiger partial charge on any atom is 0.225 e. The molecule has 0 aliphatic carbocycles. The van der Waals surface area contributed by atoms with Crippen molar-refractivity contribution in [3.63, 3.8) is 0 Å². The highest BCUT2D eigenvalue weighted by molar-refractivity contribution is 5.27. The molecule has 13 heavy (non-hydrogen) atoms. The van der Waals surface area contributed by atoms with Gasteiger partial charge in [-0.05, 0) is 6.07 Å². The molecule has 2 N–H and O–H groups in total. The lowest BCUT2D eigenvalue weighted by Crippen LogP contribution is -2.84. The summed E-state index contributed by atoms with van der Waals surface area (Å²) >= 11 is 0. The highest BCUT2D eigenvalue weighted by Gasteiger charge is 2.12. The Morgan fingerprint density at radius 3 is 2.85 bits per heavy atom. The third-order valence-electron chi connectivity index (χ3n) is 2.27. The molecule has 0 atom stereocenters. The molecule has 1 aliphatic heterocycles. The van der Waals surface area contributed by atoms with Gasteiger partial charge in [0.2, 0.25) is 5.95 Å². The van der Waals surface area contributed by atoms with Crippen LogP contribution in [0, 0.1) is 0 Å². The van der Waals surface area contributed by atoms with E-state index in [0.29, 0.717) is 0 Å². The minimum Gasteiger partial charge on any atom is -0.345 e. The van der Waals surface area contributed by atoms with E-state index in [9.17, 15) is 0 Å². The van der Waals surface area contributed by atoms with Gasteiger partial charge in [-0.25, -0.2) is 9.97 Å². The van der Waals surface area contributed by atoms with E-state index in [2.05, 4.69) is 20.2 Å². The van der Waals surface area contributed by atoms with Gasteiger partial charge in [0.05, 0.1) is 19.6 Å². The summed E-state index contributed by atoms with van der Waals surface area (Å²) in [5.41, 5.74) is 0. The van der Waals surface area contributed by atoms with Crippen molar-refractivity contribution >= 4 is 5.95 Å². The van der Waals surface area contributed by atoms with Crippen LogP contribution in [-0.2, 0) is 0 Å². The summed E-state index contributed by atoms with van der Waals surface area (Å²) in [6.07, 6.45) is 4.83. The summed E-state index contributed by atoms with van der Waals surface area (Å²) in [5.74, 6) is 0.873. The van der Waals surface area contributed by atoms with Crippen molar-refractivity contribution in [3.8, 4) is 0 Å². The quantitative estimate of drug-likeness (QED) is 0.617. The average molecular weight is 179 g/mol. The molecule has 1 aromatic heterocycles. The smallest absolute Gasteiger partial charge is 0.225 e. The second-order valence-electron chi connectivity index (χ2n) is 3.26. The summed E-state index contributed by atoms with van der Waals surface area (Å²) in [5, 5.41) is 2.35. The van der Waals surface area contributed by atoms with Crippen molar-refractivity contribution < 1.29 is 5.32 Å².